The molecule has 0 spiro atoms. The molecule has 9 heteroatoms. The lowest BCUT2D eigenvalue weighted by Crippen LogP contribution is -2.41. The second-order valence-electron chi connectivity index (χ2n) is 6.19. The molecule has 2 N–H and O–H groups in total. The first-order valence-electron chi connectivity index (χ1n) is 8.73. The summed E-state index contributed by atoms with van der Waals surface area (Å²) in [5.41, 5.74) is 0.832. The van der Waals surface area contributed by atoms with Crippen LogP contribution in [0.15, 0.2) is 29.4 Å². The van der Waals surface area contributed by atoms with Crippen LogP contribution in [0.25, 0.3) is 11.4 Å². The van der Waals surface area contributed by atoms with Crippen LogP contribution in [0.2, 0.25) is 0 Å². The van der Waals surface area contributed by atoms with E-state index < -0.39 is 6.03 Å². The first-order chi connectivity index (χ1) is 13.0. The molecule has 1 aromatic carbocycles. The number of rotatable bonds is 8. The number of thioether (sulfide) groups is 1. The first kappa shape index (κ1) is 20.8. The number of carbonyl (C=O) groups is 2. The molecular weight excluding hydrogens is 366 g/mol. The van der Waals surface area contributed by atoms with Crippen LogP contribution in [0.1, 0.15) is 20.8 Å². The molecule has 3 amide bonds. The Bertz CT molecular complexity index is 791. The Morgan fingerprint density at radius 3 is 2.67 bits per heavy atom. The number of benzene rings is 1. The fourth-order valence-electron chi connectivity index (χ4n) is 2.34. The van der Waals surface area contributed by atoms with Gasteiger partial charge < -0.3 is 14.6 Å². The highest BCUT2D eigenvalue weighted by molar-refractivity contribution is 7.99. The molecule has 0 fully saturated rings. The summed E-state index contributed by atoms with van der Waals surface area (Å²) >= 11 is 1.23. The first-order valence-corrected chi connectivity index (χ1v) is 9.71. The van der Waals surface area contributed by atoms with Crippen molar-refractivity contribution in [2.24, 2.45) is 5.92 Å². The number of hydrogen-bond donors (Lipinski definition) is 2. The quantitative estimate of drug-likeness (QED) is 0.671. The molecule has 2 aromatic rings. The minimum Gasteiger partial charge on any atom is -0.496 e. The lowest BCUT2D eigenvalue weighted by Gasteiger charge is -2.10. The Hall–Kier alpha value is -2.55. The number of hydrogen-bond acceptors (Lipinski definition) is 6. The number of urea groups is 1. The maximum Gasteiger partial charge on any atom is 0.321 e. The predicted molar refractivity (Wildman–Crippen MR) is 105 cm³/mol. The molecule has 0 saturated heterocycles. The van der Waals surface area contributed by atoms with E-state index >= 15 is 0 Å². The molecule has 0 unspecified atom stereocenters. The van der Waals surface area contributed by atoms with E-state index in [4.69, 9.17) is 4.74 Å². The van der Waals surface area contributed by atoms with Gasteiger partial charge in [0.15, 0.2) is 11.0 Å². The van der Waals surface area contributed by atoms with Crippen molar-refractivity contribution in [1.82, 2.24) is 25.4 Å². The molecule has 1 heterocycles. The number of nitrogens with zero attached hydrogens (tertiary/aromatic N) is 3. The van der Waals surface area contributed by atoms with Crippen molar-refractivity contribution in [2.75, 3.05) is 19.4 Å². The normalized spacial score (nSPS) is 10.7. The van der Waals surface area contributed by atoms with Crippen molar-refractivity contribution >= 4 is 23.7 Å². The van der Waals surface area contributed by atoms with Gasteiger partial charge in [0, 0.05) is 13.1 Å². The molecule has 0 aliphatic carbocycles. The van der Waals surface area contributed by atoms with E-state index in [0.29, 0.717) is 35.7 Å². The van der Waals surface area contributed by atoms with E-state index in [1.54, 1.807) is 7.11 Å². The number of methoxy groups -OCH3 is 1. The molecule has 146 valence electrons. The van der Waals surface area contributed by atoms with Gasteiger partial charge in [0.1, 0.15) is 5.75 Å². The van der Waals surface area contributed by atoms with Crippen LogP contribution in [-0.2, 0) is 11.3 Å². The average molecular weight is 391 g/mol. The third kappa shape index (κ3) is 5.72. The van der Waals surface area contributed by atoms with Crippen LogP contribution in [0.4, 0.5) is 4.79 Å². The number of carbonyl (C=O) groups excluding carboxylic acids is 2. The van der Waals surface area contributed by atoms with Crippen molar-refractivity contribution in [3.05, 3.63) is 24.3 Å². The predicted octanol–water partition coefficient (Wildman–Crippen LogP) is 2.55. The van der Waals surface area contributed by atoms with Gasteiger partial charge in [-0.15, -0.1) is 10.2 Å². The number of imide groups is 1. The zero-order chi connectivity index (χ0) is 19.8. The van der Waals surface area contributed by atoms with E-state index in [0.717, 1.165) is 5.56 Å². The van der Waals surface area contributed by atoms with Gasteiger partial charge in [0.05, 0.1) is 18.4 Å². The van der Waals surface area contributed by atoms with Crippen molar-refractivity contribution in [3.63, 3.8) is 0 Å². The fraction of sp³-hybridized carbons (Fsp3) is 0.444. The Kier molecular flexibility index (Phi) is 7.66. The zero-order valence-corrected chi connectivity index (χ0v) is 16.8. The minimum atomic E-state index is -0.485. The molecule has 0 aliphatic rings. The summed E-state index contributed by atoms with van der Waals surface area (Å²) in [7, 11) is 1.61. The second kappa shape index (κ2) is 9.96. The highest BCUT2D eigenvalue weighted by Gasteiger charge is 2.17. The minimum absolute atomic E-state index is 0.0686. The molecule has 27 heavy (non-hydrogen) atoms. The summed E-state index contributed by atoms with van der Waals surface area (Å²) in [6.45, 7) is 7.09. The van der Waals surface area contributed by atoms with Gasteiger partial charge in [-0.1, -0.05) is 37.7 Å². The van der Waals surface area contributed by atoms with E-state index in [9.17, 15) is 9.59 Å². The Morgan fingerprint density at radius 1 is 1.26 bits per heavy atom. The van der Waals surface area contributed by atoms with Crippen LogP contribution < -0.4 is 15.4 Å². The summed E-state index contributed by atoms with van der Waals surface area (Å²) < 4.78 is 7.31. The van der Waals surface area contributed by atoms with Crippen molar-refractivity contribution in [2.45, 2.75) is 32.5 Å². The van der Waals surface area contributed by atoms with Crippen LogP contribution in [0, 0.1) is 5.92 Å². The molecule has 0 saturated carbocycles. The van der Waals surface area contributed by atoms with E-state index in [1.165, 1.54) is 11.8 Å². The van der Waals surface area contributed by atoms with E-state index in [2.05, 4.69) is 20.8 Å². The monoisotopic (exact) mass is 391 g/mol. The average Bonchev–Trinajstić information content (AvgIpc) is 3.07. The molecular formula is C18H25N5O3S. The van der Waals surface area contributed by atoms with Crippen LogP contribution in [0.3, 0.4) is 0 Å². The molecule has 0 aliphatic heterocycles. The highest BCUT2D eigenvalue weighted by atomic mass is 32.2. The molecule has 2 rings (SSSR count). The maximum absolute atomic E-state index is 12.0. The summed E-state index contributed by atoms with van der Waals surface area (Å²) in [4.78, 5) is 23.6. The van der Waals surface area contributed by atoms with Crippen LogP contribution in [-0.4, -0.2) is 46.1 Å². The molecule has 0 bridgehead atoms. The number of amides is 3. The van der Waals surface area contributed by atoms with Crippen LogP contribution in [0.5, 0.6) is 5.75 Å². The molecule has 8 nitrogen and oxygen atoms in total. The van der Waals surface area contributed by atoms with Gasteiger partial charge in [0.25, 0.3) is 0 Å². The van der Waals surface area contributed by atoms with E-state index in [-0.39, 0.29) is 11.7 Å². The van der Waals surface area contributed by atoms with Crippen molar-refractivity contribution < 1.29 is 14.3 Å². The SMILES string of the molecule is CCn1c(SCC(=O)NC(=O)NCC(C)C)nnc1-c1ccccc1OC. The summed E-state index contributed by atoms with van der Waals surface area (Å²) in [5.74, 6) is 1.38. The third-order valence-electron chi connectivity index (χ3n) is 3.64. The smallest absolute Gasteiger partial charge is 0.321 e. The summed E-state index contributed by atoms with van der Waals surface area (Å²) in [6.07, 6.45) is 0. The maximum atomic E-state index is 12.0. The van der Waals surface area contributed by atoms with Crippen molar-refractivity contribution in [3.8, 4) is 17.1 Å². The number of aromatic nitrogens is 3. The van der Waals surface area contributed by atoms with E-state index in [1.807, 2.05) is 49.6 Å². The molecule has 0 atom stereocenters. The van der Waals surface area contributed by atoms with Crippen molar-refractivity contribution in [1.29, 1.82) is 0 Å². The largest absolute Gasteiger partial charge is 0.496 e. The molecule has 0 radical (unpaired) electrons. The number of nitrogens with one attached hydrogen (secondary N) is 2. The Morgan fingerprint density at radius 2 is 2.00 bits per heavy atom. The number of ether oxygens (including phenoxy) is 1. The highest BCUT2D eigenvalue weighted by Crippen LogP contribution is 2.30. The third-order valence-corrected chi connectivity index (χ3v) is 4.60. The number of para-hydroxylation sites is 1. The lowest BCUT2D eigenvalue weighted by atomic mass is 10.2. The topological polar surface area (TPSA) is 98.1 Å². The van der Waals surface area contributed by atoms with Gasteiger partial charge in [-0.3, -0.25) is 10.1 Å². The zero-order valence-electron chi connectivity index (χ0n) is 16.0. The summed E-state index contributed by atoms with van der Waals surface area (Å²) in [5, 5.41) is 14.0. The molecule has 1 aromatic heterocycles. The Balaban J connectivity index is 2.03. The standard InChI is InChI=1S/C18H25N5O3S/c1-5-23-16(13-8-6-7-9-14(13)26-4)21-22-18(23)27-11-15(24)20-17(25)19-10-12(2)3/h6-9,12H,5,10-11H2,1-4H3,(H2,19,20,24,25). The van der Waals surface area contributed by atoms with Crippen LogP contribution >= 0.6 is 11.8 Å². The fourth-order valence-corrected chi connectivity index (χ4v) is 3.15. The van der Waals surface area contributed by atoms with Gasteiger partial charge in [0.2, 0.25) is 5.91 Å². The second-order valence-corrected chi connectivity index (χ2v) is 7.13. The Labute approximate surface area is 163 Å². The van der Waals surface area contributed by atoms with Gasteiger partial charge in [-0.25, -0.2) is 4.79 Å². The van der Waals surface area contributed by atoms with Gasteiger partial charge >= 0.3 is 6.03 Å². The lowest BCUT2D eigenvalue weighted by molar-refractivity contribution is -0.117. The van der Waals surface area contributed by atoms with Gasteiger partial charge in [-0.2, -0.15) is 0 Å². The van der Waals surface area contributed by atoms with Gasteiger partial charge in [-0.05, 0) is 25.0 Å². The summed E-state index contributed by atoms with van der Waals surface area (Å²) in [6, 6.07) is 7.08.